The van der Waals surface area contributed by atoms with Crippen LogP contribution in [-0.4, -0.2) is 18.3 Å². The molecule has 96 valence electrons. The van der Waals surface area contributed by atoms with Crippen molar-refractivity contribution in [2.45, 2.75) is 39.8 Å². The smallest absolute Gasteiger partial charge is 0.127 e. The topological polar surface area (TPSA) is 55.5 Å². The summed E-state index contributed by atoms with van der Waals surface area (Å²) in [6, 6.07) is -0.498. The highest BCUT2D eigenvalue weighted by Crippen LogP contribution is 2.39. The van der Waals surface area contributed by atoms with Crippen LogP contribution in [0.2, 0.25) is 5.02 Å². The summed E-state index contributed by atoms with van der Waals surface area (Å²) in [5.41, 5.74) is 9.63. The number of aliphatic hydroxyl groups is 1. The van der Waals surface area contributed by atoms with Crippen LogP contribution in [0.25, 0.3) is 0 Å². The first-order valence-corrected chi connectivity index (χ1v) is 5.97. The highest BCUT2D eigenvalue weighted by atomic mass is 35.5. The molecular weight excluding hydrogens is 238 g/mol. The Bertz CT molecular complexity index is 430. The molecule has 0 radical (unpaired) electrons. The van der Waals surface area contributed by atoms with Gasteiger partial charge in [0, 0.05) is 10.6 Å². The second kappa shape index (κ2) is 5.25. The normalized spacial score (nSPS) is 14.6. The summed E-state index contributed by atoms with van der Waals surface area (Å²) in [5, 5.41) is 10.3. The molecule has 0 aliphatic carbocycles. The SMILES string of the molecule is COc1c(C)c(C)c(Cl)c(C)c1C(N)C(C)O. The molecule has 0 saturated heterocycles. The second-order valence-corrected chi connectivity index (χ2v) is 4.78. The van der Waals surface area contributed by atoms with Crippen LogP contribution in [0.5, 0.6) is 5.75 Å². The summed E-state index contributed by atoms with van der Waals surface area (Å²) in [4.78, 5) is 0. The van der Waals surface area contributed by atoms with Gasteiger partial charge in [0.1, 0.15) is 5.75 Å². The van der Waals surface area contributed by atoms with Crippen LogP contribution in [-0.2, 0) is 0 Å². The van der Waals surface area contributed by atoms with E-state index in [-0.39, 0.29) is 0 Å². The van der Waals surface area contributed by atoms with Crippen LogP contribution in [0.15, 0.2) is 0 Å². The number of hydrogen-bond acceptors (Lipinski definition) is 3. The first kappa shape index (κ1) is 14.3. The maximum Gasteiger partial charge on any atom is 0.127 e. The Morgan fingerprint density at radius 3 is 2.12 bits per heavy atom. The molecule has 17 heavy (non-hydrogen) atoms. The Hall–Kier alpha value is -0.770. The van der Waals surface area contributed by atoms with Gasteiger partial charge >= 0.3 is 0 Å². The van der Waals surface area contributed by atoms with Crippen molar-refractivity contribution >= 4 is 11.6 Å². The van der Waals surface area contributed by atoms with E-state index in [0.29, 0.717) is 5.02 Å². The van der Waals surface area contributed by atoms with Crippen LogP contribution in [0.3, 0.4) is 0 Å². The van der Waals surface area contributed by atoms with Crippen LogP contribution in [0.4, 0.5) is 0 Å². The largest absolute Gasteiger partial charge is 0.496 e. The van der Waals surface area contributed by atoms with E-state index < -0.39 is 12.1 Å². The van der Waals surface area contributed by atoms with Crippen molar-refractivity contribution in [3.05, 3.63) is 27.3 Å². The van der Waals surface area contributed by atoms with Crippen LogP contribution in [0.1, 0.15) is 35.2 Å². The van der Waals surface area contributed by atoms with Crippen molar-refractivity contribution in [2.75, 3.05) is 7.11 Å². The number of halogens is 1. The van der Waals surface area contributed by atoms with E-state index in [2.05, 4.69) is 0 Å². The minimum Gasteiger partial charge on any atom is -0.496 e. The minimum atomic E-state index is -0.652. The molecule has 2 atom stereocenters. The molecule has 0 heterocycles. The van der Waals surface area contributed by atoms with Gasteiger partial charge in [-0.3, -0.25) is 0 Å². The molecule has 0 aliphatic rings. The molecule has 0 fully saturated rings. The van der Waals surface area contributed by atoms with Crippen molar-refractivity contribution in [2.24, 2.45) is 5.73 Å². The van der Waals surface area contributed by atoms with Crippen molar-refractivity contribution < 1.29 is 9.84 Å². The zero-order valence-electron chi connectivity index (χ0n) is 11.0. The van der Waals surface area contributed by atoms with E-state index in [1.165, 1.54) is 0 Å². The van der Waals surface area contributed by atoms with E-state index in [0.717, 1.165) is 28.0 Å². The van der Waals surface area contributed by atoms with E-state index >= 15 is 0 Å². The van der Waals surface area contributed by atoms with Crippen molar-refractivity contribution in [1.29, 1.82) is 0 Å². The van der Waals surface area contributed by atoms with E-state index in [9.17, 15) is 5.11 Å². The van der Waals surface area contributed by atoms with Crippen molar-refractivity contribution in [3.63, 3.8) is 0 Å². The Balaban J connectivity index is 3.58. The number of methoxy groups -OCH3 is 1. The molecule has 0 amide bonds. The molecule has 0 aliphatic heterocycles. The van der Waals surface area contributed by atoms with Gasteiger partial charge in [-0.1, -0.05) is 11.6 Å². The third kappa shape index (κ3) is 2.41. The van der Waals surface area contributed by atoms with Crippen LogP contribution in [0, 0.1) is 20.8 Å². The summed E-state index contributed by atoms with van der Waals surface area (Å²) < 4.78 is 5.41. The maximum atomic E-state index is 9.65. The van der Waals surface area contributed by atoms with Crippen LogP contribution >= 0.6 is 11.6 Å². The number of nitrogens with two attached hydrogens (primary N) is 1. The average molecular weight is 258 g/mol. The first-order chi connectivity index (χ1) is 7.82. The van der Waals surface area contributed by atoms with E-state index in [1.807, 2.05) is 20.8 Å². The predicted molar refractivity (Wildman–Crippen MR) is 70.8 cm³/mol. The summed E-state index contributed by atoms with van der Waals surface area (Å²) >= 11 is 6.27. The zero-order chi connectivity index (χ0) is 13.3. The van der Waals surface area contributed by atoms with Gasteiger partial charge in [-0.25, -0.2) is 0 Å². The van der Waals surface area contributed by atoms with Gasteiger partial charge in [0.15, 0.2) is 0 Å². The van der Waals surface area contributed by atoms with Gasteiger partial charge in [-0.15, -0.1) is 0 Å². The molecule has 1 aromatic rings. The maximum absolute atomic E-state index is 9.65. The monoisotopic (exact) mass is 257 g/mol. The van der Waals surface area contributed by atoms with Gasteiger partial charge in [-0.05, 0) is 44.4 Å². The molecule has 0 bridgehead atoms. The summed E-state index contributed by atoms with van der Waals surface area (Å²) in [5.74, 6) is 0.720. The minimum absolute atomic E-state index is 0.498. The fourth-order valence-corrected chi connectivity index (χ4v) is 2.26. The van der Waals surface area contributed by atoms with Crippen LogP contribution < -0.4 is 10.5 Å². The third-order valence-electron chi connectivity index (χ3n) is 3.27. The number of hydrogen-bond donors (Lipinski definition) is 2. The number of rotatable bonds is 3. The predicted octanol–water partition coefficient (Wildman–Crippen LogP) is 2.65. The molecular formula is C13H20ClNO2. The van der Waals surface area contributed by atoms with E-state index in [1.54, 1.807) is 14.0 Å². The molecule has 4 heteroatoms. The van der Waals surface area contributed by atoms with Gasteiger partial charge in [0.25, 0.3) is 0 Å². The Morgan fingerprint density at radius 1 is 1.18 bits per heavy atom. The lowest BCUT2D eigenvalue weighted by Gasteiger charge is -2.24. The molecule has 0 saturated carbocycles. The second-order valence-electron chi connectivity index (χ2n) is 4.40. The van der Waals surface area contributed by atoms with Gasteiger partial charge < -0.3 is 15.6 Å². The van der Waals surface area contributed by atoms with Gasteiger partial charge in [0.05, 0.1) is 19.3 Å². The fraction of sp³-hybridized carbons (Fsp3) is 0.538. The lowest BCUT2D eigenvalue weighted by atomic mass is 9.92. The summed E-state index contributed by atoms with van der Waals surface area (Å²) in [6.07, 6.45) is -0.652. The summed E-state index contributed by atoms with van der Waals surface area (Å²) in [7, 11) is 1.60. The molecule has 3 nitrogen and oxygen atoms in total. The van der Waals surface area contributed by atoms with Gasteiger partial charge in [0.2, 0.25) is 0 Å². The lowest BCUT2D eigenvalue weighted by molar-refractivity contribution is 0.162. The molecule has 1 aromatic carbocycles. The highest BCUT2D eigenvalue weighted by molar-refractivity contribution is 6.32. The average Bonchev–Trinajstić information content (AvgIpc) is 2.29. The van der Waals surface area contributed by atoms with Crippen molar-refractivity contribution in [1.82, 2.24) is 0 Å². The fourth-order valence-electron chi connectivity index (χ4n) is 2.01. The molecule has 1 rings (SSSR count). The molecule has 0 spiro atoms. The third-order valence-corrected chi connectivity index (χ3v) is 3.83. The highest BCUT2D eigenvalue weighted by Gasteiger charge is 2.24. The number of benzene rings is 1. The standard InChI is InChI=1S/C13H20ClNO2/c1-6-7(2)13(17-5)10(8(3)11(6)14)12(15)9(4)16/h9,12,16H,15H2,1-5H3. The Labute approximate surface area is 108 Å². The summed E-state index contributed by atoms with van der Waals surface area (Å²) in [6.45, 7) is 7.45. The molecule has 3 N–H and O–H groups in total. The number of ether oxygens (including phenoxy) is 1. The van der Waals surface area contributed by atoms with Gasteiger partial charge in [-0.2, -0.15) is 0 Å². The molecule has 0 aromatic heterocycles. The zero-order valence-corrected chi connectivity index (χ0v) is 11.7. The Kier molecular flexibility index (Phi) is 4.42. The Morgan fingerprint density at radius 2 is 1.71 bits per heavy atom. The lowest BCUT2D eigenvalue weighted by Crippen LogP contribution is -2.25. The quantitative estimate of drug-likeness (QED) is 0.875. The van der Waals surface area contributed by atoms with Crippen molar-refractivity contribution in [3.8, 4) is 5.75 Å². The van der Waals surface area contributed by atoms with E-state index in [4.69, 9.17) is 22.1 Å². The number of aliphatic hydroxyl groups excluding tert-OH is 1. The first-order valence-electron chi connectivity index (χ1n) is 5.59. The molecule has 2 unspecified atom stereocenters.